The number of likely N-dealkylation sites (tertiary alicyclic amines) is 1. The molecule has 112 valence electrons. The molecule has 0 aromatic heterocycles. The second-order valence-corrected chi connectivity index (χ2v) is 6.29. The third kappa shape index (κ3) is 2.94. The van der Waals surface area contributed by atoms with Gasteiger partial charge in [-0.2, -0.15) is 0 Å². The first-order chi connectivity index (χ1) is 10.1. The van der Waals surface area contributed by atoms with Crippen LogP contribution in [-0.4, -0.2) is 29.8 Å². The van der Waals surface area contributed by atoms with Crippen molar-refractivity contribution in [1.82, 2.24) is 10.2 Å². The zero-order valence-corrected chi connectivity index (χ0v) is 12.6. The number of carbonyl (C=O) groups is 2. The standard InChI is InChI=1S/C17H22N2O2/c1-11-3-5-12(6-4-11)16-14(9-10-15(20)19(16)2)17(21)18-13-7-8-13/h3-6,13-14,16H,7-10H2,1-2H3,(H,18,21)/t14-,16-/m1/s1. The Morgan fingerprint density at radius 3 is 2.48 bits per heavy atom. The van der Waals surface area contributed by atoms with Crippen molar-refractivity contribution in [3.8, 4) is 0 Å². The van der Waals surface area contributed by atoms with Crippen LogP contribution in [0.1, 0.15) is 42.9 Å². The SMILES string of the molecule is Cc1ccc([C@@H]2[C@H](C(=O)NC3CC3)CCC(=O)N2C)cc1. The number of hydrogen-bond acceptors (Lipinski definition) is 2. The number of hydrogen-bond donors (Lipinski definition) is 1. The molecule has 2 amide bonds. The fourth-order valence-corrected chi connectivity index (χ4v) is 3.07. The summed E-state index contributed by atoms with van der Waals surface area (Å²) in [6.45, 7) is 2.04. The molecule has 2 atom stereocenters. The predicted octanol–water partition coefficient (Wildman–Crippen LogP) is 2.18. The Morgan fingerprint density at radius 1 is 1.19 bits per heavy atom. The molecule has 2 aliphatic rings. The molecule has 4 nitrogen and oxygen atoms in total. The van der Waals surface area contributed by atoms with Gasteiger partial charge in [-0.15, -0.1) is 0 Å². The number of aryl methyl sites for hydroxylation is 1. The van der Waals surface area contributed by atoms with Gasteiger partial charge in [0.25, 0.3) is 0 Å². The smallest absolute Gasteiger partial charge is 0.225 e. The van der Waals surface area contributed by atoms with Crippen LogP contribution in [-0.2, 0) is 9.59 Å². The lowest BCUT2D eigenvalue weighted by Gasteiger charge is -2.38. The summed E-state index contributed by atoms with van der Waals surface area (Å²) in [4.78, 5) is 26.3. The second kappa shape index (κ2) is 5.51. The van der Waals surface area contributed by atoms with Crippen molar-refractivity contribution in [2.24, 2.45) is 5.92 Å². The molecule has 0 radical (unpaired) electrons. The first-order valence-electron chi connectivity index (χ1n) is 7.69. The van der Waals surface area contributed by atoms with E-state index in [1.54, 1.807) is 4.90 Å². The minimum absolute atomic E-state index is 0.0995. The largest absolute Gasteiger partial charge is 0.353 e. The number of nitrogens with one attached hydrogen (secondary N) is 1. The molecule has 21 heavy (non-hydrogen) atoms. The first kappa shape index (κ1) is 14.1. The average molecular weight is 286 g/mol. The number of piperidine rings is 1. The Labute approximate surface area is 125 Å². The molecule has 2 fully saturated rings. The normalized spacial score (nSPS) is 25.8. The topological polar surface area (TPSA) is 49.4 Å². The summed E-state index contributed by atoms with van der Waals surface area (Å²) in [5.41, 5.74) is 2.23. The Hall–Kier alpha value is -1.84. The maximum absolute atomic E-state index is 12.5. The van der Waals surface area contributed by atoms with Gasteiger partial charge in [0.1, 0.15) is 0 Å². The monoisotopic (exact) mass is 286 g/mol. The fraction of sp³-hybridized carbons (Fsp3) is 0.529. The number of carbonyl (C=O) groups excluding carboxylic acids is 2. The highest BCUT2D eigenvalue weighted by atomic mass is 16.2. The zero-order valence-electron chi connectivity index (χ0n) is 12.6. The Kier molecular flexibility index (Phi) is 3.70. The molecule has 1 heterocycles. The first-order valence-corrected chi connectivity index (χ1v) is 7.69. The van der Waals surface area contributed by atoms with Crippen molar-refractivity contribution < 1.29 is 9.59 Å². The van der Waals surface area contributed by atoms with Crippen LogP contribution in [0, 0.1) is 12.8 Å². The summed E-state index contributed by atoms with van der Waals surface area (Å²) in [5.74, 6) is 0.0782. The minimum atomic E-state index is -0.148. The van der Waals surface area contributed by atoms with Crippen LogP contribution in [0.25, 0.3) is 0 Å². The van der Waals surface area contributed by atoms with Crippen LogP contribution < -0.4 is 5.32 Å². The van der Waals surface area contributed by atoms with E-state index >= 15 is 0 Å². The number of nitrogens with zero attached hydrogens (tertiary/aromatic N) is 1. The van der Waals surface area contributed by atoms with E-state index in [1.165, 1.54) is 5.56 Å². The van der Waals surface area contributed by atoms with Crippen LogP contribution in [0.3, 0.4) is 0 Å². The molecule has 0 spiro atoms. The fourth-order valence-electron chi connectivity index (χ4n) is 3.07. The van der Waals surface area contributed by atoms with E-state index in [0.29, 0.717) is 18.9 Å². The Bertz CT molecular complexity index is 548. The van der Waals surface area contributed by atoms with Crippen molar-refractivity contribution in [3.63, 3.8) is 0 Å². The van der Waals surface area contributed by atoms with Crippen LogP contribution in [0.5, 0.6) is 0 Å². The molecule has 1 saturated heterocycles. The summed E-state index contributed by atoms with van der Waals surface area (Å²) >= 11 is 0. The predicted molar refractivity (Wildman–Crippen MR) is 80.6 cm³/mol. The zero-order chi connectivity index (χ0) is 15.0. The van der Waals surface area contributed by atoms with Gasteiger partial charge < -0.3 is 10.2 Å². The number of rotatable bonds is 3. The Morgan fingerprint density at radius 2 is 1.86 bits per heavy atom. The van der Waals surface area contributed by atoms with E-state index in [-0.39, 0.29) is 23.8 Å². The van der Waals surface area contributed by atoms with Gasteiger partial charge in [-0.3, -0.25) is 9.59 Å². The van der Waals surface area contributed by atoms with Gasteiger partial charge in [-0.1, -0.05) is 29.8 Å². The van der Waals surface area contributed by atoms with Gasteiger partial charge in [0.15, 0.2) is 0 Å². The molecule has 1 aliphatic heterocycles. The molecule has 1 aliphatic carbocycles. The van der Waals surface area contributed by atoms with Gasteiger partial charge in [-0.05, 0) is 31.7 Å². The Balaban J connectivity index is 1.86. The quantitative estimate of drug-likeness (QED) is 0.926. The molecule has 1 saturated carbocycles. The molecule has 1 aromatic carbocycles. The van der Waals surface area contributed by atoms with Crippen molar-refractivity contribution >= 4 is 11.8 Å². The molecular formula is C17H22N2O2. The van der Waals surface area contributed by atoms with Gasteiger partial charge in [0, 0.05) is 19.5 Å². The van der Waals surface area contributed by atoms with Crippen LogP contribution >= 0.6 is 0 Å². The van der Waals surface area contributed by atoms with Crippen LogP contribution in [0.15, 0.2) is 24.3 Å². The number of amides is 2. The van der Waals surface area contributed by atoms with Crippen molar-refractivity contribution in [3.05, 3.63) is 35.4 Å². The highest BCUT2D eigenvalue weighted by molar-refractivity contribution is 5.85. The lowest BCUT2D eigenvalue weighted by molar-refractivity contribution is -0.141. The van der Waals surface area contributed by atoms with Crippen molar-refractivity contribution in [1.29, 1.82) is 0 Å². The maximum atomic E-state index is 12.5. The average Bonchev–Trinajstić information content (AvgIpc) is 3.27. The second-order valence-electron chi connectivity index (χ2n) is 6.29. The lowest BCUT2D eigenvalue weighted by atomic mass is 9.83. The van der Waals surface area contributed by atoms with Gasteiger partial charge in [-0.25, -0.2) is 0 Å². The summed E-state index contributed by atoms with van der Waals surface area (Å²) in [5, 5.41) is 3.09. The maximum Gasteiger partial charge on any atom is 0.225 e. The highest BCUT2D eigenvalue weighted by Crippen LogP contribution is 2.36. The van der Waals surface area contributed by atoms with E-state index in [0.717, 1.165) is 18.4 Å². The van der Waals surface area contributed by atoms with Crippen LogP contribution in [0.2, 0.25) is 0 Å². The van der Waals surface area contributed by atoms with E-state index in [9.17, 15) is 9.59 Å². The number of benzene rings is 1. The van der Waals surface area contributed by atoms with Gasteiger partial charge in [0.05, 0.1) is 12.0 Å². The van der Waals surface area contributed by atoms with Gasteiger partial charge >= 0.3 is 0 Å². The molecule has 0 unspecified atom stereocenters. The summed E-state index contributed by atoms with van der Waals surface area (Å²) in [6.07, 6.45) is 3.27. The van der Waals surface area contributed by atoms with E-state index in [1.807, 2.05) is 38.2 Å². The lowest BCUT2D eigenvalue weighted by Crippen LogP contribution is -2.46. The highest BCUT2D eigenvalue weighted by Gasteiger charge is 2.40. The van der Waals surface area contributed by atoms with E-state index < -0.39 is 0 Å². The third-order valence-corrected chi connectivity index (χ3v) is 4.54. The molecule has 0 bridgehead atoms. The van der Waals surface area contributed by atoms with Crippen LogP contribution in [0.4, 0.5) is 0 Å². The molecular weight excluding hydrogens is 264 g/mol. The van der Waals surface area contributed by atoms with Crippen molar-refractivity contribution in [2.45, 2.75) is 44.7 Å². The van der Waals surface area contributed by atoms with Gasteiger partial charge in [0.2, 0.25) is 11.8 Å². The molecule has 4 heteroatoms. The van der Waals surface area contributed by atoms with E-state index in [2.05, 4.69) is 5.32 Å². The summed E-state index contributed by atoms with van der Waals surface area (Å²) < 4.78 is 0. The minimum Gasteiger partial charge on any atom is -0.353 e. The molecule has 1 aromatic rings. The van der Waals surface area contributed by atoms with E-state index in [4.69, 9.17) is 0 Å². The third-order valence-electron chi connectivity index (χ3n) is 4.54. The molecule has 3 rings (SSSR count). The van der Waals surface area contributed by atoms with Crippen molar-refractivity contribution in [2.75, 3.05) is 7.05 Å². The molecule has 1 N–H and O–H groups in total. The summed E-state index contributed by atoms with van der Waals surface area (Å²) in [6, 6.07) is 8.36. The summed E-state index contributed by atoms with van der Waals surface area (Å²) in [7, 11) is 1.81.